The van der Waals surface area contributed by atoms with Crippen molar-refractivity contribution in [3.05, 3.63) is 18.5 Å². The molecule has 7 heavy (non-hydrogen) atoms. The highest BCUT2D eigenvalue weighted by molar-refractivity contribution is 4.70. The largest absolute Gasteiger partial charge is 0.263 e. The van der Waals surface area contributed by atoms with Gasteiger partial charge < -0.3 is 0 Å². The summed E-state index contributed by atoms with van der Waals surface area (Å²) >= 11 is 0. The van der Waals surface area contributed by atoms with E-state index in [1.807, 2.05) is 6.92 Å². The average molecular weight is 94.1 g/mol. The van der Waals surface area contributed by atoms with Crippen molar-refractivity contribution in [3.8, 4) is 0 Å². The van der Waals surface area contributed by atoms with Crippen molar-refractivity contribution in [3.63, 3.8) is 0 Å². The lowest BCUT2D eigenvalue weighted by atomic mass is 10.7. The Morgan fingerprint density at radius 1 is 1.86 bits per heavy atom. The molecule has 0 saturated carbocycles. The van der Waals surface area contributed by atoms with E-state index in [1.54, 1.807) is 10.9 Å². The summed E-state index contributed by atoms with van der Waals surface area (Å²) in [5.74, 6) is 0. The van der Waals surface area contributed by atoms with Crippen LogP contribution in [0.1, 0.15) is 6.92 Å². The molecule has 1 rings (SSSR count). The molecule has 0 N–H and O–H groups in total. The van der Waals surface area contributed by atoms with Gasteiger partial charge >= 0.3 is 0 Å². The number of rotatable bonds is 1. The molecule has 2 radical (unpaired) electrons. The van der Waals surface area contributed by atoms with Crippen LogP contribution in [0, 0.1) is 12.3 Å². The van der Waals surface area contributed by atoms with E-state index in [0.717, 1.165) is 6.54 Å². The monoisotopic (exact) mass is 94.1 g/mol. The molecule has 0 unspecified atom stereocenters. The third-order valence-corrected chi connectivity index (χ3v) is 0.755. The van der Waals surface area contributed by atoms with E-state index in [-0.39, 0.29) is 0 Å². The highest BCUT2D eigenvalue weighted by atomic mass is 15.2. The fraction of sp³-hybridized carbons (Fsp3) is 0.400. The minimum atomic E-state index is 0.878. The Balaban J connectivity index is 2.76. The van der Waals surface area contributed by atoms with E-state index in [1.165, 1.54) is 0 Å². The van der Waals surface area contributed by atoms with Crippen LogP contribution in [-0.4, -0.2) is 9.78 Å². The maximum Gasteiger partial charge on any atom is 0.0949 e. The van der Waals surface area contributed by atoms with Crippen molar-refractivity contribution < 1.29 is 0 Å². The summed E-state index contributed by atoms with van der Waals surface area (Å²) in [6, 6.07) is 2.71. The normalized spacial score (nSPS) is 9.29. The van der Waals surface area contributed by atoms with Gasteiger partial charge in [-0.25, -0.2) is 0 Å². The van der Waals surface area contributed by atoms with Gasteiger partial charge in [-0.15, -0.1) is 0 Å². The van der Waals surface area contributed by atoms with E-state index < -0.39 is 0 Å². The van der Waals surface area contributed by atoms with Crippen LogP contribution in [0.3, 0.4) is 0 Å². The zero-order chi connectivity index (χ0) is 5.11. The van der Waals surface area contributed by atoms with Crippen molar-refractivity contribution in [1.29, 1.82) is 0 Å². The number of hydrogen-bond donors (Lipinski definition) is 0. The van der Waals surface area contributed by atoms with E-state index in [4.69, 9.17) is 0 Å². The molecule has 1 heterocycles. The third kappa shape index (κ3) is 0.796. The molecule has 0 fully saturated rings. The Kier molecular flexibility index (Phi) is 1.11. The number of aromatic nitrogens is 2. The molecular weight excluding hydrogens is 88.1 g/mol. The Morgan fingerprint density at radius 2 is 2.71 bits per heavy atom. The Hall–Kier alpha value is -0.790. The second kappa shape index (κ2) is 1.78. The summed E-state index contributed by atoms with van der Waals surface area (Å²) in [4.78, 5) is 0. The zero-order valence-electron chi connectivity index (χ0n) is 4.18. The average Bonchev–Trinajstić information content (AvgIpc) is 2.14. The summed E-state index contributed by atoms with van der Waals surface area (Å²) in [5.41, 5.74) is 0. The minimum absolute atomic E-state index is 0.878. The van der Waals surface area contributed by atoms with E-state index in [2.05, 4.69) is 17.4 Å². The summed E-state index contributed by atoms with van der Waals surface area (Å²) in [6.07, 6.45) is 4.37. The Bertz CT molecular complexity index is 121. The van der Waals surface area contributed by atoms with Gasteiger partial charge in [0.1, 0.15) is 0 Å². The maximum absolute atomic E-state index is 3.84. The minimum Gasteiger partial charge on any atom is -0.263 e. The van der Waals surface area contributed by atoms with Gasteiger partial charge in [-0.2, -0.15) is 5.10 Å². The second-order valence-electron chi connectivity index (χ2n) is 1.22. The van der Waals surface area contributed by atoms with Crippen LogP contribution in [0.4, 0.5) is 0 Å². The predicted octanol–water partition coefficient (Wildman–Crippen LogP) is 0.503. The van der Waals surface area contributed by atoms with Crippen molar-refractivity contribution in [1.82, 2.24) is 9.78 Å². The highest BCUT2D eigenvalue weighted by Crippen LogP contribution is 1.77. The van der Waals surface area contributed by atoms with Crippen LogP contribution in [0.25, 0.3) is 0 Å². The lowest BCUT2D eigenvalue weighted by molar-refractivity contribution is 0.655. The van der Waals surface area contributed by atoms with Crippen molar-refractivity contribution in [2.75, 3.05) is 0 Å². The zero-order valence-corrected chi connectivity index (χ0v) is 4.18. The van der Waals surface area contributed by atoms with Crippen LogP contribution >= 0.6 is 0 Å². The highest BCUT2D eigenvalue weighted by Gasteiger charge is 1.79. The van der Waals surface area contributed by atoms with Crippen molar-refractivity contribution in [2.45, 2.75) is 13.5 Å². The molecule has 1 aromatic rings. The second-order valence-corrected chi connectivity index (χ2v) is 1.22. The quantitative estimate of drug-likeness (QED) is 0.495. The molecule has 0 aliphatic carbocycles. The van der Waals surface area contributed by atoms with Gasteiger partial charge in [0.15, 0.2) is 0 Å². The number of nitrogens with zero attached hydrogens (tertiary/aromatic N) is 2. The molecule has 0 spiro atoms. The number of aryl methyl sites for hydroxylation is 1. The van der Waals surface area contributed by atoms with Crippen LogP contribution in [-0.2, 0) is 6.54 Å². The first-order chi connectivity index (χ1) is 3.43. The van der Waals surface area contributed by atoms with Gasteiger partial charge in [0.05, 0.1) is 12.4 Å². The smallest absolute Gasteiger partial charge is 0.0949 e. The molecule has 36 valence electrons. The van der Waals surface area contributed by atoms with Crippen LogP contribution in [0.5, 0.6) is 0 Å². The fourth-order valence-electron chi connectivity index (χ4n) is 0.392. The van der Waals surface area contributed by atoms with Crippen LogP contribution in [0.2, 0.25) is 0 Å². The molecule has 0 saturated heterocycles. The molecular formula is C5H6N2. The van der Waals surface area contributed by atoms with Gasteiger partial charge in [-0.1, -0.05) is 0 Å². The topological polar surface area (TPSA) is 17.8 Å². The molecule has 0 aromatic carbocycles. The van der Waals surface area contributed by atoms with E-state index >= 15 is 0 Å². The maximum atomic E-state index is 3.84. The first-order valence-corrected chi connectivity index (χ1v) is 2.24. The molecule has 1 aromatic heterocycles. The van der Waals surface area contributed by atoms with Gasteiger partial charge in [0.25, 0.3) is 0 Å². The van der Waals surface area contributed by atoms with Gasteiger partial charge in [0, 0.05) is 12.6 Å². The standard InChI is InChI=1S/C5H6N2/c1-2-7-5-3-4-6-7/h4H,2H2,1H3. The summed E-state index contributed by atoms with van der Waals surface area (Å²) < 4.78 is 1.69. The van der Waals surface area contributed by atoms with Crippen molar-refractivity contribution >= 4 is 0 Å². The van der Waals surface area contributed by atoms with Crippen LogP contribution < -0.4 is 0 Å². The van der Waals surface area contributed by atoms with Gasteiger partial charge in [-0.05, 0) is 6.92 Å². The molecule has 0 amide bonds. The SMILES string of the molecule is CCn1[c][c]cn1. The first-order valence-electron chi connectivity index (χ1n) is 2.24. The van der Waals surface area contributed by atoms with Gasteiger partial charge in [-0.3, -0.25) is 4.68 Å². The predicted molar refractivity (Wildman–Crippen MR) is 25.6 cm³/mol. The molecule has 2 nitrogen and oxygen atoms in total. The molecule has 0 bridgehead atoms. The number of hydrogen-bond acceptors (Lipinski definition) is 1. The van der Waals surface area contributed by atoms with Gasteiger partial charge in [0.2, 0.25) is 0 Å². The first kappa shape index (κ1) is 4.37. The lowest BCUT2D eigenvalue weighted by Crippen LogP contribution is -1.92. The van der Waals surface area contributed by atoms with E-state index in [0.29, 0.717) is 0 Å². The molecule has 0 atom stereocenters. The van der Waals surface area contributed by atoms with E-state index in [9.17, 15) is 0 Å². The third-order valence-electron chi connectivity index (χ3n) is 0.755. The summed E-state index contributed by atoms with van der Waals surface area (Å²) in [5, 5.41) is 3.84. The fourth-order valence-corrected chi connectivity index (χ4v) is 0.392. The molecule has 2 heteroatoms. The summed E-state index contributed by atoms with van der Waals surface area (Å²) in [6.45, 7) is 2.89. The van der Waals surface area contributed by atoms with Crippen LogP contribution in [0.15, 0.2) is 6.20 Å². The van der Waals surface area contributed by atoms with Crippen molar-refractivity contribution in [2.24, 2.45) is 0 Å². The molecule has 0 aliphatic rings. The molecule has 0 aliphatic heterocycles. The Morgan fingerprint density at radius 3 is 3.00 bits per heavy atom. The lowest BCUT2D eigenvalue weighted by Gasteiger charge is -1.86. The summed E-state index contributed by atoms with van der Waals surface area (Å²) in [7, 11) is 0. The Labute approximate surface area is 42.8 Å².